The van der Waals surface area contributed by atoms with Gasteiger partial charge in [0.1, 0.15) is 6.10 Å². The van der Waals surface area contributed by atoms with E-state index in [0.717, 1.165) is 6.07 Å². The minimum atomic E-state index is -1.05. The topological polar surface area (TPSA) is 47.9 Å². The molecule has 2 atom stereocenters. The number of hydrogen-bond donors (Lipinski definition) is 1. The van der Waals surface area contributed by atoms with E-state index in [1.165, 1.54) is 12.1 Å². The van der Waals surface area contributed by atoms with Gasteiger partial charge in [0.25, 0.3) is 0 Å². The maximum atomic E-state index is 13.6. The maximum Gasteiger partial charge on any atom is 0.200 e. The molecule has 4 nitrogen and oxygen atoms in total. The molecule has 110 valence electrons. The fourth-order valence-corrected chi connectivity index (χ4v) is 2.72. The second-order valence-corrected chi connectivity index (χ2v) is 5.13. The van der Waals surface area contributed by atoms with Crippen molar-refractivity contribution in [3.8, 4) is 5.75 Å². The van der Waals surface area contributed by atoms with E-state index in [-0.39, 0.29) is 5.75 Å². The number of aliphatic hydroxyl groups excluding tert-OH is 1. The standard InChI is InChI=1S/C14H16F2O4/c15-9-2-1-3-11(13(9)16)20-12-8-14(5-4-10(12)17)18-6-7-19-14/h1-3,10,12,17H,4-8H2. The van der Waals surface area contributed by atoms with Crippen LogP contribution in [-0.2, 0) is 9.47 Å². The van der Waals surface area contributed by atoms with Crippen LogP contribution in [-0.4, -0.2) is 36.3 Å². The van der Waals surface area contributed by atoms with Crippen molar-refractivity contribution in [2.75, 3.05) is 13.2 Å². The molecule has 0 aromatic heterocycles. The molecule has 1 aliphatic heterocycles. The Bertz CT molecular complexity index is 488. The number of benzene rings is 1. The van der Waals surface area contributed by atoms with Crippen molar-refractivity contribution in [1.29, 1.82) is 0 Å². The van der Waals surface area contributed by atoms with E-state index in [9.17, 15) is 13.9 Å². The lowest BCUT2D eigenvalue weighted by molar-refractivity contribution is -0.209. The highest BCUT2D eigenvalue weighted by Crippen LogP contribution is 2.37. The molecule has 1 saturated heterocycles. The molecule has 20 heavy (non-hydrogen) atoms. The SMILES string of the molecule is OC1CCC2(CC1Oc1cccc(F)c1F)OCCO2. The number of ether oxygens (including phenoxy) is 3. The quantitative estimate of drug-likeness (QED) is 0.903. The monoisotopic (exact) mass is 286 g/mol. The van der Waals surface area contributed by atoms with Crippen LogP contribution in [0.15, 0.2) is 18.2 Å². The fraction of sp³-hybridized carbons (Fsp3) is 0.571. The molecule has 0 bridgehead atoms. The van der Waals surface area contributed by atoms with Crippen molar-refractivity contribution in [2.45, 2.75) is 37.3 Å². The molecular weight excluding hydrogens is 270 g/mol. The van der Waals surface area contributed by atoms with Crippen molar-refractivity contribution >= 4 is 0 Å². The molecule has 3 rings (SSSR count). The summed E-state index contributed by atoms with van der Waals surface area (Å²) in [5.41, 5.74) is 0. The average molecular weight is 286 g/mol. The summed E-state index contributed by atoms with van der Waals surface area (Å²) in [6.45, 7) is 0.994. The highest BCUT2D eigenvalue weighted by atomic mass is 19.2. The lowest BCUT2D eigenvalue weighted by Crippen LogP contribution is -2.47. The number of aliphatic hydroxyl groups is 1. The van der Waals surface area contributed by atoms with E-state index < -0.39 is 29.6 Å². The molecule has 0 radical (unpaired) electrons. The third-order valence-electron chi connectivity index (χ3n) is 3.77. The van der Waals surface area contributed by atoms with E-state index in [0.29, 0.717) is 32.5 Å². The lowest BCUT2D eigenvalue weighted by Gasteiger charge is -2.38. The normalized spacial score (nSPS) is 28.8. The third kappa shape index (κ3) is 2.51. The van der Waals surface area contributed by atoms with E-state index >= 15 is 0 Å². The first-order valence-electron chi connectivity index (χ1n) is 6.66. The van der Waals surface area contributed by atoms with Gasteiger partial charge in [0.05, 0.1) is 19.3 Å². The molecule has 2 unspecified atom stereocenters. The predicted octanol–water partition coefficient (Wildman–Crippen LogP) is 2.00. The van der Waals surface area contributed by atoms with Crippen LogP contribution >= 0.6 is 0 Å². The molecule has 2 aliphatic rings. The van der Waals surface area contributed by atoms with Crippen LogP contribution in [0.5, 0.6) is 5.75 Å². The van der Waals surface area contributed by atoms with E-state index in [4.69, 9.17) is 14.2 Å². The highest BCUT2D eigenvalue weighted by molar-refractivity contribution is 5.25. The molecule has 1 aliphatic carbocycles. The minimum Gasteiger partial charge on any atom is -0.484 e. The number of rotatable bonds is 2. The summed E-state index contributed by atoms with van der Waals surface area (Å²) in [4.78, 5) is 0. The molecule has 6 heteroatoms. The van der Waals surface area contributed by atoms with Crippen LogP contribution in [0.1, 0.15) is 19.3 Å². The van der Waals surface area contributed by atoms with Crippen molar-refractivity contribution in [3.05, 3.63) is 29.8 Å². The number of hydrogen-bond acceptors (Lipinski definition) is 4. The second kappa shape index (κ2) is 5.27. The molecule has 2 fully saturated rings. The fourth-order valence-electron chi connectivity index (χ4n) is 2.72. The van der Waals surface area contributed by atoms with Crippen LogP contribution in [0.25, 0.3) is 0 Å². The Labute approximate surface area is 115 Å². The zero-order chi connectivity index (χ0) is 14.2. The van der Waals surface area contributed by atoms with Gasteiger partial charge in [-0.25, -0.2) is 4.39 Å². The van der Waals surface area contributed by atoms with Gasteiger partial charge in [0, 0.05) is 12.8 Å². The Morgan fingerprint density at radius 1 is 1.25 bits per heavy atom. The lowest BCUT2D eigenvalue weighted by atomic mass is 9.89. The number of halogens is 2. The first kappa shape index (κ1) is 13.7. The Morgan fingerprint density at radius 2 is 2.00 bits per heavy atom. The van der Waals surface area contributed by atoms with Crippen LogP contribution in [0.3, 0.4) is 0 Å². The molecular formula is C14H16F2O4. The predicted molar refractivity (Wildman–Crippen MR) is 65.3 cm³/mol. The van der Waals surface area contributed by atoms with Crippen LogP contribution in [0.2, 0.25) is 0 Å². The smallest absolute Gasteiger partial charge is 0.200 e. The Kier molecular flexibility index (Phi) is 3.62. The van der Waals surface area contributed by atoms with Gasteiger partial charge in [-0.3, -0.25) is 0 Å². The van der Waals surface area contributed by atoms with E-state index in [2.05, 4.69) is 0 Å². The van der Waals surface area contributed by atoms with Crippen molar-refractivity contribution in [3.63, 3.8) is 0 Å². The van der Waals surface area contributed by atoms with Gasteiger partial charge in [-0.1, -0.05) is 6.07 Å². The molecule has 1 aromatic rings. The van der Waals surface area contributed by atoms with Crippen LogP contribution in [0.4, 0.5) is 8.78 Å². The largest absolute Gasteiger partial charge is 0.484 e. The van der Waals surface area contributed by atoms with Crippen molar-refractivity contribution in [2.24, 2.45) is 0 Å². The second-order valence-electron chi connectivity index (χ2n) is 5.13. The van der Waals surface area contributed by atoms with Gasteiger partial charge in [-0.15, -0.1) is 0 Å². The first-order valence-corrected chi connectivity index (χ1v) is 6.66. The molecule has 1 N–H and O–H groups in total. The van der Waals surface area contributed by atoms with Crippen LogP contribution in [0, 0.1) is 11.6 Å². The summed E-state index contributed by atoms with van der Waals surface area (Å²) in [7, 11) is 0. The van der Waals surface area contributed by atoms with Gasteiger partial charge >= 0.3 is 0 Å². The summed E-state index contributed by atoms with van der Waals surface area (Å²) >= 11 is 0. The zero-order valence-electron chi connectivity index (χ0n) is 10.9. The van der Waals surface area contributed by atoms with Crippen LogP contribution < -0.4 is 4.74 Å². The molecule has 1 aromatic carbocycles. The van der Waals surface area contributed by atoms with Gasteiger partial charge in [0.2, 0.25) is 5.82 Å². The third-order valence-corrected chi connectivity index (χ3v) is 3.77. The summed E-state index contributed by atoms with van der Waals surface area (Å²) < 4.78 is 43.3. The summed E-state index contributed by atoms with van der Waals surface area (Å²) in [5.74, 6) is -2.99. The molecule has 0 amide bonds. The molecule has 1 saturated carbocycles. The minimum absolute atomic E-state index is 0.205. The van der Waals surface area contributed by atoms with Gasteiger partial charge in [-0.2, -0.15) is 4.39 Å². The highest BCUT2D eigenvalue weighted by Gasteiger charge is 2.46. The summed E-state index contributed by atoms with van der Waals surface area (Å²) in [5, 5.41) is 9.98. The van der Waals surface area contributed by atoms with Gasteiger partial charge < -0.3 is 19.3 Å². The summed E-state index contributed by atoms with van der Waals surface area (Å²) in [6, 6.07) is 3.72. The Hall–Kier alpha value is -1.24. The Balaban J connectivity index is 1.76. The van der Waals surface area contributed by atoms with E-state index in [1.807, 2.05) is 0 Å². The first-order chi connectivity index (χ1) is 9.60. The molecule has 1 spiro atoms. The summed E-state index contributed by atoms with van der Waals surface area (Å²) in [6.07, 6.45) is -0.139. The zero-order valence-corrected chi connectivity index (χ0v) is 10.9. The van der Waals surface area contributed by atoms with E-state index in [1.54, 1.807) is 0 Å². The van der Waals surface area contributed by atoms with Crippen molar-refractivity contribution in [1.82, 2.24) is 0 Å². The van der Waals surface area contributed by atoms with Gasteiger partial charge in [-0.05, 0) is 18.6 Å². The maximum absolute atomic E-state index is 13.6. The average Bonchev–Trinajstić information content (AvgIpc) is 2.88. The van der Waals surface area contributed by atoms with Gasteiger partial charge in [0.15, 0.2) is 17.4 Å². The Morgan fingerprint density at radius 3 is 2.75 bits per heavy atom. The molecule has 1 heterocycles. The van der Waals surface area contributed by atoms with Crippen molar-refractivity contribution < 1.29 is 28.1 Å².